The first-order valence-corrected chi connectivity index (χ1v) is 6.04. The summed E-state index contributed by atoms with van der Waals surface area (Å²) >= 11 is 0. The van der Waals surface area contributed by atoms with Crippen molar-refractivity contribution in [3.63, 3.8) is 0 Å². The van der Waals surface area contributed by atoms with Crippen LogP contribution in [0.25, 0.3) is 0 Å². The number of ether oxygens (including phenoxy) is 1. The quantitative estimate of drug-likeness (QED) is 0.764. The van der Waals surface area contributed by atoms with Crippen molar-refractivity contribution in [2.24, 2.45) is 0 Å². The third-order valence-electron chi connectivity index (χ3n) is 2.72. The number of rotatable bonds is 7. The van der Waals surface area contributed by atoms with Gasteiger partial charge in [0.05, 0.1) is 6.61 Å². The Labute approximate surface area is 99.0 Å². The average Bonchev–Trinajstić information content (AvgIpc) is 2.27. The van der Waals surface area contributed by atoms with Gasteiger partial charge in [-0.3, -0.25) is 0 Å². The van der Waals surface area contributed by atoms with Gasteiger partial charge in [-0.05, 0) is 31.9 Å². The second-order valence-electron chi connectivity index (χ2n) is 4.24. The van der Waals surface area contributed by atoms with Gasteiger partial charge in [0.25, 0.3) is 0 Å². The molecule has 0 amide bonds. The molecule has 0 radical (unpaired) electrons. The van der Waals surface area contributed by atoms with Gasteiger partial charge >= 0.3 is 0 Å². The highest BCUT2D eigenvalue weighted by molar-refractivity contribution is 5.22. The van der Waals surface area contributed by atoms with Gasteiger partial charge in [0.2, 0.25) is 0 Å². The summed E-state index contributed by atoms with van der Waals surface area (Å²) in [6.07, 6.45) is 2.24. The van der Waals surface area contributed by atoms with Crippen molar-refractivity contribution in [1.82, 2.24) is 5.32 Å². The lowest BCUT2D eigenvalue weighted by atomic mass is 10.0. The summed E-state index contributed by atoms with van der Waals surface area (Å²) in [5, 5.41) is 3.44. The number of hydrogen-bond donors (Lipinski definition) is 1. The lowest BCUT2D eigenvalue weighted by Gasteiger charge is -2.16. The molecule has 1 atom stereocenters. The number of benzene rings is 1. The van der Waals surface area contributed by atoms with Crippen molar-refractivity contribution in [2.75, 3.05) is 20.3 Å². The van der Waals surface area contributed by atoms with Gasteiger partial charge in [0.15, 0.2) is 0 Å². The first-order valence-electron chi connectivity index (χ1n) is 6.04. The molecule has 1 aromatic rings. The molecule has 0 fully saturated rings. The zero-order chi connectivity index (χ0) is 11.8. The predicted molar refractivity (Wildman–Crippen MR) is 68.8 cm³/mol. The Morgan fingerprint density at radius 1 is 1.38 bits per heavy atom. The second kappa shape index (κ2) is 7.42. The molecule has 0 saturated carbocycles. The van der Waals surface area contributed by atoms with Crippen LogP contribution in [0.2, 0.25) is 0 Å². The van der Waals surface area contributed by atoms with Crippen molar-refractivity contribution < 1.29 is 4.74 Å². The van der Waals surface area contributed by atoms with Gasteiger partial charge in [0, 0.05) is 13.2 Å². The van der Waals surface area contributed by atoms with Crippen molar-refractivity contribution >= 4 is 0 Å². The summed E-state index contributed by atoms with van der Waals surface area (Å²) in [5.41, 5.74) is 2.75. The van der Waals surface area contributed by atoms with E-state index in [2.05, 4.69) is 43.4 Å². The van der Waals surface area contributed by atoms with Gasteiger partial charge in [-0.2, -0.15) is 0 Å². The van der Waals surface area contributed by atoms with E-state index in [9.17, 15) is 0 Å². The Morgan fingerprint density at radius 3 is 2.81 bits per heavy atom. The lowest BCUT2D eigenvalue weighted by molar-refractivity contribution is 0.163. The minimum absolute atomic E-state index is 0.468. The number of nitrogens with one attached hydrogen (secondary N) is 1. The fourth-order valence-electron chi connectivity index (χ4n) is 1.94. The fourth-order valence-corrected chi connectivity index (χ4v) is 1.94. The Bertz CT molecular complexity index is 293. The van der Waals surface area contributed by atoms with Crippen LogP contribution < -0.4 is 5.32 Å². The number of hydrogen-bond acceptors (Lipinski definition) is 2. The maximum atomic E-state index is 5.21. The highest BCUT2D eigenvalue weighted by Gasteiger charge is 2.06. The minimum Gasteiger partial charge on any atom is -0.383 e. The van der Waals surface area contributed by atoms with E-state index in [1.807, 2.05) is 0 Å². The lowest BCUT2D eigenvalue weighted by Crippen LogP contribution is -2.33. The Morgan fingerprint density at radius 2 is 2.19 bits per heavy atom. The molecule has 90 valence electrons. The van der Waals surface area contributed by atoms with E-state index in [0.717, 1.165) is 26.0 Å². The number of likely N-dealkylation sites (N-methyl/N-ethyl adjacent to an activating group) is 1. The maximum absolute atomic E-state index is 5.21. The zero-order valence-electron chi connectivity index (χ0n) is 10.6. The number of methoxy groups -OCH3 is 1. The molecule has 0 heterocycles. The monoisotopic (exact) mass is 221 g/mol. The molecule has 1 N–H and O–H groups in total. The van der Waals surface area contributed by atoms with Crippen LogP contribution in [-0.2, 0) is 11.2 Å². The average molecular weight is 221 g/mol. The highest BCUT2D eigenvalue weighted by atomic mass is 16.5. The summed E-state index contributed by atoms with van der Waals surface area (Å²) in [6, 6.07) is 9.19. The van der Waals surface area contributed by atoms with E-state index in [4.69, 9.17) is 4.74 Å². The molecule has 16 heavy (non-hydrogen) atoms. The smallest absolute Gasteiger partial charge is 0.0615 e. The second-order valence-corrected chi connectivity index (χ2v) is 4.24. The molecule has 1 rings (SSSR count). The summed E-state index contributed by atoms with van der Waals surface area (Å²) in [4.78, 5) is 0. The molecular weight excluding hydrogens is 198 g/mol. The molecule has 1 unspecified atom stereocenters. The maximum Gasteiger partial charge on any atom is 0.0615 e. The summed E-state index contributed by atoms with van der Waals surface area (Å²) in [6.45, 7) is 6.07. The van der Waals surface area contributed by atoms with Crippen LogP contribution >= 0.6 is 0 Å². The largest absolute Gasteiger partial charge is 0.383 e. The normalized spacial score (nSPS) is 12.7. The first-order chi connectivity index (χ1) is 7.76. The van der Waals surface area contributed by atoms with Crippen LogP contribution in [-0.4, -0.2) is 26.3 Å². The van der Waals surface area contributed by atoms with Gasteiger partial charge in [-0.15, -0.1) is 0 Å². The summed E-state index contributed by atoms with van der Waals surface area (Å²) in [7, 11) is 1.76. The number of aryl methyl sites for hydroxylation is 2. The van der Waals surface area contributed by atoms with E-state index in [-0.39, 0.29) is 0 Å². The van der Waals surface area contributed by atoms with Crippen LogP contribution in [0, 0.1) is 6.92 Å². The Balaban J connectivity index is 2.41. The van der Waals surface area contributed by atoms with Crippen LogP contribution in [0.4, 0.5) is 0 Å². The van der Waals surface area contributed by atoms with Crippen molar-refractivity contribution in [1.29, 1.82) is 0 Å². The van der Waals surface area contributed by atoms with E-state index < -0.39 is 0 Å². The molecule has 0 bridgehead atoms. The molecule has 1 aromatic carbocycles. The van der Waals surface area contributed by atoms with Crippen LogP contribution in [0.3, 0.4) is 0 Å². The van der Waals surface area contributed by atoms with Gasteiger partial charge < -0.3 is 10.1 Å². The molecule has 0 aliphatic heterocycles. The van der Waals surface area contributed by atoms with Gasteiger partial charge in [-0.1, -0.05) is 36.8 Å². The molecule has 0 aliphatic rings. The van der Waals surface area contributed by atoms with E-state index in [0.29, 0.717) is 6.04 Å². The van der Waals surface area contributed by atoms with E-state index in [1.54, 1.807) is 7.11 Å². The minimum atomic E-state index is 0.468. The molecule has 0 spiro atoms. The highest BCUT2D eigenvalue weighted by Crippen LogP contribution is 2.08. The third-order valence-corrected chi connectivity index (χ3v) is 2.72. The van der Waals surface area contributed by atoms with Crippen molar-refractivity contribution in [2.45, 2.75) is 32.7 Å². The Kier molecular flexibility index (Phi) is 6.12. The summed E-state index contributed by atoms with van der Waals surface area (Å²) in [5.74, 6) is 0. The molecule has 0 saturated heterocycles. The van der Waals surface area contributed by atoms with Crippen LogP contribution in [0.15, 0.2) is 24.3 Å². The van der Waals surface area contributed by atoms with E-state index in [1.165, 1.54) is 11.1 Å². The van der Waals surface area contributed by atoms with Gasteiger partial charge in [-0.25, -0.2) is 0 Å². The Hall–Kier alpha value is -0.860. The SMILES string of the molecule is CCNC(CCc1cccc(C)c1)COC. The molecule has 2 nitrogen and oxygen atoms in total. The molecule has 2 heteroatoms. The first kappa shape index (κ1) is 13.2. The van der Waals surface area contributed by atoms with Crippen molar-refractivity contribution in [3.05, 3.63) is 35.4 Å². The third kappa shape index (κ3) is 4.77. The summed E-state index contributed by atoms with van der Waals surface area (Å²) < 4.78 is 5.21. The topological polar surface area (TPSA) is 21.3 Å². The van der Waals surface area contributed by atoms with Crippen molar-refractivity contribution in [3.8, 4) is 0 Å². The predicted octanol–water partition coefficient (Wildman–Crippen LogP) is 2.55. The van der Waals surface area contributed by atoms with Crippen LogP contribution in [0.1, 0.15) is 24.5 Å². The van der Waals surface area contributed by atoms with E-state index >= 15 is 0 Å². The zero-order valence-corrected chi connectivity index (χ0v) is 10.6. The fraction of sp³-hybridized carbons (Fsp3) is 0.571. The van der Waals surface area contributed by atoms with Crippen LogP contribution in [0.5, 0.6) is 0 Å². The molecule has 0 aliphatic carbocycles. The standard InChI is InChI=1S/C14H23NO/c1-4-15-14(11-16-3)9-8-13-7-5-6-12(2)10-13/h5-7,10,14-15H,4,8-9,11H2,1-3H3. The molecule has 0 aromatic heterocycles. The van der Waals surface area contributed by atoms with Gasteiger partial charge in [0.1, 0.15) is 0 Å². The molecular formula is C14H23NO.